The molecule has 0 aliphatic rings. The van der Waals surface area contributed by atoms with Gasteiger partial charge in [-0.25, -0.2) is 4.79 Å². The van der Waals surface area contributed by atoms with Crippen LogP contribution in [0.25, 0.3) is 0 Å². The van der Waals surface area contributed by atoms with Gasteiger partial charge >= 0.3 is 12.1 Å². The Labute approximate surface area is 132 Å². The van der Waals surface area contributed by atoms with E-state index in [1.807, 2.05) is 31.2 Å². The second-order valence-corrected chi connectivity index (χ2v) is 12.3. The Morgan fingerprint density at radius 2 is 1.82 bits per heavy atom. The summed E-state index contributed by atoms with van der Waals surface area (Å²) in [6.07, 6.45) is -0.739. The van der Waals surface area contributed by atoms with Crippen molar-refractivity contribution < 1.29 is 19.4 Å². The Morgan fingerprint density at radius 1 is 1.23 bits per heavy atom. The first-order valence-electron chi connectivity index (χ1n) is 7.39. The van der Waals surface area contributed by atoms with Crippen molar-refractivity contribution in [3.05, 3.63) is 35.4 Å². The molecule has 1 aromatic rings. The van der Waals surface area contributed by atoms with E-state index in [1.165, 1.54) is 0 Å². The lowest BCUT2D eigenvalue weighted by atomic mass is 10.0. The molecule has 6 heteroatoms. The molecule has 5 nitrogen and oxygen atoms in total. The molecule has 0 aliphatic carbocycles. The zero-order chi connectivity index (χ0) is 16.8. The van der Waals surface area contributed by atoms with Crippen LogP contribution in [0.15, 0.2) is 24.3 Å². The van der Waals surface area contributed by atoms with Gasteiger partial charge in [0.25, 0.3) is 0 Å². The predicted molar refractivity (Wildman–Crippen MR) is 88.8 cm³/mol. The highest BCUT2D eigenvalue weighted by Gasteiger charge is 2.19. The Bertz CT molecular complexity index is 508. The summed E-state index contributed by atoms with van der Waals surface area (Å²) in [5.41, 5.74) is 1.84. The number of rotatable bonds is 7. The van der Waals surface area contributed by atoms with Gasteiger partial charge < -0.3 is 15.2 Å². The van der Waals surface area contributed by atoms with E-state index in [1.54, 1.807) is 0 Å². The van der Waals surface area contributed by atoms with E-state index >= 15 is 0 Å². The minimum atomic E-state index is -1.26. The van der Waals surface area contributed by atoms with Crippen molar-refractivity contribution in [3.8, 4) is 0 Å². The minimum absolute atomic E-state index is 0.174. The monoisotopic (exact) mass is 323 g/mol. The van der Waals surface area contributed by atoms with Crippen LogP contribution >= 0.6 is 0 Å². The molecule has 1 aromatic carbocycles. The lowest BCUT2D eigenvalue weighted by Crippen LogP contribution is -2.32. The first-order valence-corrected chi connectivity index (χ1v) is 11.1. The summed E-state index contributed by atoms with van der Waals surface area (Å²) in [4.78, 5) is 22.8. The minimum Gasteiger partial charge on any atom is -0.481 e. The molecule has 22 heavy (non-hydrogen) atoms. The van der Waals surface area contributed by atoms with Crippen molar-refractivity contribution in [3.63, 3.8) is 0 Å². The molecule has 0 heterocycles. The highest BCUT2D eigenvalue weighted by molar-refractivity contribution is 6.76. The zero-order valence-corrected chi connectivity index (χ0v) is 14.7. The molecule has 0 spiro atoms. The number of hydrogen-bond acceptors (Lipinski definition) is 3. The molecule has 0 saturated carbocycles. The molecular weight excluding hydrogens is 298 g/mol. The highest BCUT2D eigenvalue weighted by atomic mass is 28.3. The van der Waals surface area contributed by atoms with Crippen molar-refractivity contribution >= 4 is 20.1 Å². The average molecular weight is 323 g/mol. The first-order chi connectivity index (χ1) is 10.2. The van der Waals surface area contributed by atoms with Crippen LogP contribution < -0.4 is 5.32 Å². The average Bonchev–Trinajstić information content (AvgIpc) is 2.36. The van der Waals surface area contributed by atoms with Gasteiger partial charge in [0.15, 0.2) is 0 Å². The second kappa shape index (κ2) is 7.98. The lowest BCUT2D eigenvalue weighted by molar-refractivity contribution is -0.137. The number of carboxylic acids is 1. The van der Waals surface area contributed by atoms with Crippen LogP contribution in [-0.4, -0.2) is 31.8 Å². The summed E-state index contributed by atoms with van der Waals surface area (Å²) in [6, 6.07) is 7.73. The third-order valence-electron chi connectivity index (χ3n) is 3.24. The number of amides is 1. The van der Waals surface area contributed by atoms with Crippen molar-refractivity contribution in [1.29, 1.82) is 0 Å². The van der Waals surface area contributed by atoms with Gasteiger partial charge in [-0.1, -0.05) is 49.5 Å². The Balaban J connectivity index is 2.63. The van der Waals surface area contributed by atoms with Gasteiger partial charge in [-0.05, 0) is 18.5 Å². The Kier molecular flexibility index (Phi) is 6.61. The van der Waals surface area contributed by atoms with Gasteiger partial charge in [0, 0.05) is 8.07 Å². The van der Waals surface area contributed by atoms with Gasteiger partial charge in [0.1, 0.15) is 0 Å². The van der Waals surface area contributed by atoms with Crippen molar-refractivity contribution in [1.82, 2.24) is 5.32 Å². The summed E-state index contributed by atoms with van der Waals surface area (Å²) >= 11 is 0. The lowest BCUT2D eigenvalue weighted by Gasteiger charge is -2.19. The molecule has 0 aliphatic heterocycles. The summed E-state index contributed by atoms with van der Waals surface area (Å²) in [5, 5.41) is 11.7. The molecule has 0 radical (unpaired) electrons. The molecule has 2 N–H and O–H groups in total. The maximum atomic E-state index is 11.9. The maximum Gasteiger partial charge on any atom is 0.407 e. The number of alkyl carbamates (subject to hydrolysis) is 1. The number of carbonyl (C=O) groups is 2. The van der Waals surface area contributed by atoms with Crippen LogP contribution in [-0.2, 0) is 9.53 Å². The third kappa shape index (κ3) is 7.26. The Morgan fingerprint density at radius 3 is 2.32 bits per heavy atom. The normalized spacial score (nSPS) is 12.5. The predicted octanol–water partition coefficient (Wildman–Crippen LogP) is 3.58. The largest absolute Gasteiger partial charge is 0.481 e. The fourth-order valence-corrected chi connectivity index (χ4v) is 2.57. The van der Waals surface area contributed by atoms with Crippen LogP contribution in [0, 0.1) is 6.92 Å². The summed E-state index contributed by atoms with van der Waals surface area (Å²) in [6.45, 7) is 8.93. The van der Waals surface area contributed by atoms with Crippen LogP contribution in [0.5, 0.6) is 0 Å². The van der Waals surface area contributed by atoms with Gasteiger partial charge in [-0.3, -0.25) is 4.79 Å². The number of aryl methyl sites for hydroxylation is 1. The molecule has 0 saturated heterocycles. The zero-order valence-electron chi connectivity index (χ0n) is 13.7. The highest BCUT2D eigenvalue weighted by Crippen LogP contribution is 2.18. The van der Waals surface area contributed by atoms with E-state index in [2.05, 4.69) is 25.0 Å². The quantitative estimate of drug-likeness (QED) is 0.752. The standard InChI is InChI=1S/C16H25NO4Si/c1-12-5-7-13(8-6-12)14(11-15(18)19)17-16(20)21-9-10-22(2,3)4/h5-8,14H,9-11H2,1-4H3,(H,17,20)(H,18,19). The molecule has 1 amide bonds. The fraction of sp³-hybridized carbons (Fsp3) is 0.500. The van der Waals surface area contributed by atoms with Crippen LogP contribution in [0.1, 0.15) is 23.6 Å². The van der Waals surface area contributed by atoms with E-state index in [9.17, 15) is 9.59 Å². The first kappa shape index (κ1) is 18.2. The molecular formula is C16H25NO4Si. The van der Waals surface area contributed by atoms with E-state index in [0.717, 1.165) is 17.2 Å². The van der Waals surface area contributed by atoms with Gasteiger partial charge in [0.2, 0.25) is 0 Å². The van der Waals surface area contributed by atoms with Gasteiger partial charge in [-0.15, -0.1) is 0 Å². The molecule has 1 unspecified atom stereocenters. The summed E-state index contributed by atoms with van der Waals surface area (Å²) < 4.78 is 5.17. The molecule has 0 bridgehead atoms. The molecule has 0 fully saturated rings. The maximum absolute atomic E-state index is 11.9. The van der Waals surface area contributed by atoms with E-state index < -0.39 is 26.2 Å². The summed E-state index contributed by atoms with van der Waals surface area (Å²) in [7, 11) is -1.26. The van der Waals surface area contributed by atoms with Crippen LogP contribution in [0.2, 0.25) is 25.7 Å². The van der Waals surface area contributed by atoms with Crippen LogP contribution in [0.3, 0.4) is 0 Å². The number of aliphatic carboxylic acids is 1. The van der Waals surface area contributed by atoms with E-state index in [-0.39, 0.29) is 6.42 Å². The van der Waals surface area contributed by atoms with Gasteiger partial charge in [-0.2, -0.15) is 0 Å². The van der Waals surface area contributed by atoms with Gasteiger partial charge in [0.05, 0.1) is 19.1 Å². The fourth-order valence-electron chi connectivity index (χ4n) is 1.86. The van der Waals surface area contributed by atoms with Crippen LogP contribution in [0.4, 0.5) is 4.79 Å². The van der Waals surface area contributed by atoms with Crippen molar-refractivity contribution in [2.75, 3.05) is 6.61 Å². The topological polar surface area (TPSA) is 75.6 Å². The number of benzene rings is 1. The number of ether oxygens (including phenoxy) is 1. The Hall–Kier alpha value is -1.82. The number of hydrogen-bond donors (Lipinski definition) is 2. The molecule has 1 rings (SSSR count). The number of carboxylic acid groups (broad SMARTS) is 1. The molecule has 122 valence electrons. The van der Waals surface area contributed by atoms with E-state index in [0.29, 0.717) is 6.61 Å². The third-order valence-corrected chi connectivity index (χ3v) is 4.94. The summed E-state index contributed by atoms with van der Waals surface area (Å²) in [5.74, 6) is -0.965. The second-order valence-electron chi connectivity index (χ2n) is 6.65. The molecule has 1 atom stereocenters. The van der Waals surface area contributed by atoms with Crippen molar-refractivity contribution in [2.24, 2.45) is 0 Å². The SMILES string of the molecule is Cc1ccc(C(CC(=O)O)NC(=O)OCC[Si](C)(C)C)cc1. The number of nitrogens with one attached hydrogen (secondary N) is 1. The molecule has 0 aromatic heterocycles. The smallest absolute Gasteiger partial charge is 0.407 e. The number of carbonyl (C=O) groups excluding carboxylic acids is 1. The van der Waals surface area contributed by atoms with E-state index in [4.69, 9.17) is 9.84 Å². The van der Waals surface area contributed by atoms with Crippen molar-refractivity contribution in [2.45, 2.75) is 45.1 Å².